The maximum absolute atomic E-state index is 12.8. The lowest BCUT2D eigenvalue weighted by Gasteiger charge is -2.11. The molecule has 0 atom stereocenters. The molecular weight excluding hydrogens is 308 g/mol. The Hall–Kier alpha value is -0.820. The van der Waals surface area contributed by atoms with Crippen molar-refractivity contribution in [2.45, 2.75) is 11.5 Å². The molecule has 0 fully saturated rings. The summed E-state index contributed by atoms with van der Waals surface area (Å²) < 4.78 is 57.3. The standard InChI is InChI=1S/C10H9BrF4O2/c11-4-7-3-8(12)1-2-9(7)17-6-16-5-10(13,14)15/h1-3H,4-6H2. The van der Waals surface area contributed by atoms with E-state index < -0.39 is 25.4 Å². The van der Waals surface area contributed by atoms with Gasteiger partial charge >= 0.3 is 6.18 Å². The van der Waals surface area contributed by atoms with E-state index in [1.165, 1.54) is 12.1 Å². The summed E-state index contributed by atoms with van der Waals surface area (Å²) in [6.07, 6.45) is -4.38. The molecule has 0 bridgehead atoms. The van der Waals surface area contributed by atoms with Crippen molar-refractivity contribution in [3.05, 3.63) is 29.6 Å². The molecule has 96 valence electrons. The van der Waals surface area contributed by atoms with Crippen LogP contribution in [0.5, 0.6) is 5.75 Å². The lowest BCUT2D eigenvalue weighted by molar-refractivity contribution is -0.186. The van der Waals surface area contributed by atoms with Crippen molar-refractivity contribution < 1.29 is 27.0 Å². The number of rotatable bonds is 5. The summed E-state index contributed by atoms with van der Waals surface area (Å²) >= 11 is 3.12. The van der Waals surface area contributed by atoms with E-state index in [1.54, 1.807) is 0 Å². The molecule has 1 rings (SSSR count). The summed E-state index contributed by atoms with van der Waals surface area (Å²) in [7, 11) is 0. The van der Waals surface area contributed by atoms with Gasteiger partial charge < -0.3 is 9.47 Å². The van der Waals surface area contributed by atoms with Crippen molar-refractivity contribution in [3.8, 4) is 5.75 Å². The van der Waals surface area contributed by atoms with Crippen LogP contribution in [0, 0.1) is 5.82 Å². The third kappa shape index (κ3) is 5.36. The molecule has 0 aliphatic rings. The Morgan fingerprint density at radius 3 is 2.53 bits per heavy atom. The molecule has 0 heterocycles. The second-order valence-electron chi connectivity index (χ2n) is 3.11. The minimum absolute atomic E-state index is 0.283. The molecule has 0 aromatic heterocycles. The summed E-state index contributed by atoms with van der Waals surface area (Å²) in [6, 6.07) is 3.72. The van der Waals surface area contributed by atoms with Crippen molar-refractivity contribution in [2.24, 2.45) is 0 Å². The van der Waals surface area contributed by atoms with E-state index in [2.05, 4.69) is 20.7 Å². The van der Waals surface area contributed by atoms with Crippen molar-refractivity contribution >= 4 is 15.9 Å². The molecule has 7 heteroatoms. The third-order valence-electron chi connectivity index (χ3n) is 1.73. The van der Waals surface area contributed by atoms with Gasteiger partial charge in [-0.25, -0.2) is 4.39 Å². The van der Waals surface area contributed by atoms with E-state index in [0.717, 1.165) is 6.07 Å². The minimum atomic E-state index is -4.38. The smallest absolute Gasteiger partial charge is 0.411 e. The summed E-state index contributed by atoms with van der Waals surface area (Å²) in [5, 5.41) is 0.333. The van der Waals surface area contributed by atoms with Gasteiger partial charge in [0.15, 0.2) is 6.79 Å². The van der Waals surface area contributed by atoms with E-state index in [0.29, 0.717) is 10.9 Å². The Morgan fingerprint density at radius 2 is 1.94 bits per heavy atom. The fourth-order valence-electron chi connectivity index (χ4n) is 1.06. The Bertz CT molecular complexity index is 368. The lowest BCUT2D eigenvalue weighted by atomic mass is 10.2. The Balaban J connectivity index is 2.46. The maximum Gasteiger partial charge on any atom is 0.411 e. The fourth-order valence-corrected chi connectivity index (χ4v) is 1.49. The monoisotopic (exact) mass is 316 g/mol. The van der Waals surface area contributed by atoms with Crippen LogP contribution in [-0.4, -0.2) is 19.6 Å². The summed E-state index contributed by atoms with van der Waals surface area (Å²) in [6.45, 7) is -1.91. The summed E-state index contributed by atoms with van der Waals surface area (Å²) in [5.41, 5.74) is 0.501. The number of hydrogen-bond donors (Lipinski definition) is 0. The van der Waals surface area contributed by atoms with Gasteiger partial charge in [0.1, 0.15) is 18.2 Å². The van der Waals surface area contributed by atoms with Crippen LogP contribution in [0.25, 0.3) is 0 Å². The van der Waals surface area contributed by atoms with Gasteiger partial charge in [0.2, 0.25) is 0 Å². The summed E-state index contributed by atoms with van der Waals surface area (Å²) in [5.74, 6) is -0.159. The molecule has 0 amide bonds. The Labute approximate surface area is 104 Å². The number of alkyl halides is 4. The van der Waals surface area contributed by atoms with Crippen molar-refractivity contribution in [2.75, 3.05) is 13.4 Å². The topological polar surface area (TPSA) is 18.5 Å². The van der Waals surface area contributed by atoms with E-state index in [-0.39, 0.29) is 5.75 Å². The van der Waals surface area contributed by atoms with E-state index in [4.69, 9.17) is 4.74 Å². The molecule has 0 saturated heterocycles. The second-order valence-corrected chi connectivity index (χ2v) is 3.67. The van der Waals surface area contributed by atoms with Crippen LogP contribution in [0.4, 0.5) is 17.6 Å². The van der Waals surface area contributed by atoms with E-state index in [1.807, 2.05) is 0 Å². The first-order valence-corrected chi connectivity index (χ1v) is 5.66. The maximum atomic E-state index is 12.8. The fraction of sp³-hybridized carbons (Fsp3) is 0.400. The Kier molecular flexibility index (Phi) is 5.20. The molecule has 0 spiro atoms. The Morgan fingerprint density at radius 1 is 1.24 bits per heavy atom. The van der Waals surface area contributed by atoms with E-state index in [9.17, 15) is 17.6 Å². The largest absolute Gasteiger partial charge is 0.467 e. The van der Waals surface area contributed by atoms with Gasteiger partial charge in [-0.2, -0.15) is 13.2 Å². The normalized spacial score (nSPS) is 11.6. The first-order valence-electron chi connectivity index (χ1n) is 4.54. The molecule has 0 aliphatic heterocycles. The summed E-state index contributed by atoms with van der Waals surface area (Å²) in [4.78, 5) is 0. The van der Waals surface area contributed by atoms with Gasteiger partial charge in [-0.1, -0.05) is 15.9 Å². The SMILES string of the molecule is Fc1ccc(OCOCC(F)(F)F)c(CBr)c1. The predicted molar refractivity (Wildman–Crippen MR) is 56.5 cm³/mol. The molecule has 0 unspecified atom stereocenters. The zero-order valence-corrected chi connectivity index (χ0v) is 10.1. The van der Waals surface area contributed by atoms with Gasteiger partial charge in [0, 0.05) is 10.9 Å². The van der Waals surface area contributed by atoms with Crippen molar-refractivity contribution in [1.29, 1.82) is 0 Å². The molecule has 1 aromatic carbocycles. The van der Waals surface area contributed by atoms with Gasteiger partial charge in [-0.15, -0.1) is 0 Å². The van der Waals surface area contributed by atoms with Crippen LogP contribution in [-0.2, 0) is 10.1 Å². The zero-order valence-electron chi connectivity index (χ0n) is 8.56. The van der Waals surface area contributed by atoms with Crippen LogP contribution in [0.1, 0.15) is 5.56 Å². The van der Waals surface area contributed by atoms with Crippen LogP contribution < -0.4 is 4.74 Å². The quantitative estimate of drug-likeness (QED) is 0.357. The van der Waals surface area contributed by atoms with Crippen LogP contribution >= 0.6 is 15.9 Å². The average molecular weight is 317 g/mol. The third-order valence-corrected chi connectivity index (χ3v) is 2.33. The molecule has 0 radical (unpaired) electrons. The molecule has 0 N–H and O–H groups in total. The highest BCUT2D eigenvalue weighted by atomic mass is 79.9. The van der Waals surface area contributed by atoms with Gasteiger partial charge in [0.25, 0.3) is 0 Å². The molecule has 1 aromatic rings. The molecule has 0 aliphatic carbocycles. The molecule has 2 nitrogen and oxygen atoms in total. The average Bonchev–Trinajstić information content (AvgIpc) is 2.24. The number of ether oxygens (including phenoxy) is 2. The first-order chi connectivity index (χ1) is 7.92. The molecule has 0 saturated carbocycles. The highest BCUT2D eigenvalue weighted by Crippen LogP contribution is 2.22. The second kappa shape index (κ2) is 6.20. The lowest BCUT2D eigenvalue weighted by Crippen LogP contribution is -2.19. The van der Waals surface area contributed by atoms with Crippen molar-refractivity contribution in [3.63, 3.8) is 0 Å². The highest BCUT2D eigenvalue weighted by molar-refractivity contribution is 9.08. The van der Waals surface area contributed by atoms with E-state index >= 15 is 0 Å². The van der Waals surface area contributed by atoms with Gasteiger partial charge in [0.05, 0.1) is 0 Å². The van der Waals surface area contributed by atoms with Crippen molar-refractivity contribution in [1.82, 2.24) is 0 Å². The first kappa shape index (κ1) is 14.2. The van der Waals surface area contributed by atoms with Crippen LogP contribution in [0.3, 0.4) is 0 Å². The van der Waals surface area contributed by atoms with Crippen LogP contribution in [0.15, 0.2) is 18.2 Å². The predicted octanol–water partition coefficient (Wildman–Crippen LogP) is 3.64. The number of benzene rings is 1. The van der Waals surface area contributed by atoms with Gasteiger partial charge in [-0.05, 0) is 18.2 Å². The van der Waals surface area contributed by atoms with Crippen LogP contribution in [0.2, 0.25) is 0 Å². The molecular formula is C10H9BrF4O2. The highest BCUT2D eigenvalue weighted by Gasteiger charge is 2.27. The number of hydrogen-bond acceptors (Lipinski definition) is 2. The number of halogens is 5. The van der Waals surface area contributed by atoms with Gasteiger partial charge in [-0.3, -0.25) is 0 Å². The molecule has 17 heavy (non-hydrogen) atoms. The zero-order chi connectivity index (χ0) is 12.9. The minimum Gasteiger partial charge on any atom is -0.467 e.